The molecule has 2 heterocycles. The number of nitrogens with zero attached hydrogens (tertiary/aromatic N) is 1. The topological polar surface area (TPSA) is 84.4 Å². The first kappa shape index (κ1) is 20.3. The number of benzene rings is 2. The van der Waals surface area contributed by atoms with E-state index in [2.05, 4.69) is 9.97 Å². The van der Waals surface area contributed by atoms with E-state index in [-0.39, 0.29) is 12.3 Å². The van der Waals surface area contributed by atoms with Crippen molar-refractivity contribution in [3.8, 4) is 0 Å². The van der Waals surface area contributed by atoms with Crippen molar-refractivity contribution < 1.29 is 19.4 Å². The predicted octanol–water partition coefficient (Wildman–Crippen LogP) is 4.82. The number of carboxylic acid groups (broad SMARTS) is 1. The molecule has 2 aromatic carbocycles. The van der Waals surface area contributed by atoms with Crippen molar-refractivity contribution in [2.24, 2.45) is 0 Å². The molecular weight excluding hydrogens is 404 g/mol. The molecule has 0 fully saturated rings. The van der Waals surface area contributed by atoms with Gasteiger partial charge in [0.15, 0.2) is 5.69 Å². The molecule has 0 amide bonds. The van der Waals surface area contributed by atoms with Gasteiger partial charge in [0, 0.05) is 34.0 Å². The zero-order chi connectivity index (χ0) is 21.1. The summed E-state index contributed by atoms with van der Waals surface area (Å²) in [6.45, 7) is 0.918. The number of carboxylic acids is 1. The van der Waals surface area contributed by atoms with Crippen LogP contribution in [-0.4, -0.2) is 41.4 Å². The minimum atomic E-state index is -1.08. The predicted molar refractivity (Wildman–Crippen MR) is 116 cm³/mol. The first-order valence-electron chi connectivity index (χ1n) is 9.54. The second-order valence-corrected chi connectivity index (χ2v) is 7.36. The average molecular weight is 425 g/mol. The Bertz CT molecular complexity index is 1220. The molecule has 0 atom stereocenters. The zero-order valence-corrected chi connectivity index (χ0v) is 17.2. The SMILES string of the molecule is COCCOCc1c(C(=O)O)ncc2[nH]c3cccc(Cc4ccccc4Cl)c3c12. The highest BCUT2D eigenvalue weighted by Gasteiger charge is 2.20. The van der Waals surface area contributed by atoms with Crippen LogP contribution in [0.3, 0.4) is 0 Å². The normalized spacial score (nSPS) is 11.4. The highest BCUT2D eigenvalue weighted by atomic mass is 35.5. The van der Waals surface area contributed by atoms with Crippen molar-refractivity contribution in [1.82, 2.24) is 9.97 Å². The number of pyridine rings is 1. The molecule has 6 nitrogen and oxygen atoms in total. The third-order valence-corrected chi connectivity index (χ3v) is 5.44. The van der Waals surface area contributed by atoms with Crippen LogP contribution >= 0.6 is 11.6 Å². The number of hydrogen-bond acceptors (Lipinski definition) is 4. The summed E-state index contributed by atoms with van der Waals surface area (Å²) in [7, 11) is 1.59. The van der Waals surface area contributed by atoms with Crippen molar-refractivity contribution in [2.45, 2.75) is 13.0 Å². The molecule has 2 N–H and O–H groups in total. The summed E-state index contributed by atoms with van der Waals surface area (Å²) < 4.78 is 10.7. The van der Waals surface area contributed by atoms with Crippen LogP contribution in [0.25, 0.3) is 21.8 Å². The highest BCUT2D eigenvalue weighted by Crippen LogP contribution is 2.34. The summed E-state index contributed by atoms with van der Waals surface area (Å²) in [6.07, 6.45) is 2.19. The van der Waals surface area contributed by atoms with Gasteiger partial charge in [0.1, 0.15) is 0 Å². The Morgan fingerprint density at radius 2 is 1.87 bits per heavy atom. The average Bonchev–Trinajstić information content (AvgIpc) is 3.12. The standard InChI is InChI=1S/C23H21ClN2O4/c1-29-9-10-30-13-16-21-19(12-25-22(16)23(27)28)26-18-8-4-6-15(20(18)21)11-14-5-2-3-7-17(14)24/h2-8,12,26H,9-11,13H2,1H3,(H,27,28). The maximum Gasteiger partial charge on any atom is 0.354 e. The van der Waals surface area contributed by atoms with Crippen molar-refractivity contribution in [3.05, 3.63) is 76.1 Å². The van der Waals surface area contributed by atoms with Gasteiger partial charge in [-0.15, -0.1) is 0 Å². The van der Waals surface area contributed by atoms with E-state index in [0.29, 0.717) is 30.2 Å². The molecule has 0 saturated heterocycles. The van der Waals surface area contributed by atoms with E-state index in [1.54, 1.807) is 13.3 Å². The Morgan fingerprint density at radius 3 is 2.63 bits per heavy atom. The molecule has 0 aliphatic rings. The van der Waals surface area contributed by atoms with E-state index >= 15 is 0 Å². The van der Waals surface area contributed by atoms with Crippen LogP contribution in [0.15, 0.2) is 48.7 Å². The summed E-state index contributed by atoms with van der Waals surface area (Å²) in [6, 6.07) is 13.7. The van der Waals surface area contributed by atoms with Gasteiger partial charge in [0.25, 0.3) is 0 Å². The molecule has 7 heteroatoms. The summed E-state index contributed by atoms with van der Waals surface area (Å²) in [4.78, 5) is 19.4. The van der Waals surface area contributed by atoms with Gasteiger partial charge >= 0.3 is 5.97 Å². The van der Waals surface area contributed by atoms with Gasteiger partial charge in [0.2, 0.25) is 0 Å². The summed E-state index contributed by atoms with van der Waals surface area (Å²) in [5.74, 6) is -1.08. The van der Waals surface area contributed by atoms with Crippen LogP contribution in [0.5, 0.6) is 0 Å². The van der Waals surface area contributed by atoms with Crippen molar-refractivity contribution in [2.75, 3.05) is 20.3 Å². The molecule has 0 spiro atoms. The fourth-order valence-electron chi connectivity index (χ4n) is 3.71. The summed E-state index contributed by atoms with van der Waals surface area (Å²) >= 11 is 6.39. The lowest BCUT2D eigenvalue weighted by Gasteiger charge is -2.11. The summed E-state index contributed by atoms with van der Waals surface area (Å²) in [5.41, 5.74) is 4.28. The van der Waals surface area contributed by atoms with Gasteiger partial charge in [-0.2, -0.15) is 0 Å². The van der Waals surface area contributed by atoms with Gasteiger partial charge in [-0.05, 0) is 29.7 Å². The number of aromatic nitrogens is 2. The molecule has 0 saturated carbocycles. The van der Waals surface area contributed by atoms with Crippen LogP contribution in [0.2, 0.25) is 5.02 Å². The molecule has 0 unspecified atom stereocenters. The van der Waals surface area contributed by atoms with Gasteiger partial charge < -0.3 is 19.6 Å². The summed E-state index contributed by atoms with van der Waals surface area (Å²) in [5, 5.41) is 12.2. The molecule has 4 rings (SSSR count). The van der Waals surface area contributed by atoms with E-state index in [1.165, 1.54) is 0 Å². The van der Waals surface area contributed by atoms with Gasteiger partial charge in [-0.3, -0.25) is 0 Å². The van der Waals surface area contributed by atoms with Crippen LogP contribution in [0.1, 0.15) is 27.2 Å². The van der Waals surface area contributed by atoms with Gasteiger partial charge in [-0.1, -0.05) is 41.9 Å². The molecule has 154 valence electrons. The van der Waals surface area contributed by atoms with Crippen LogP contribution < -0.4 is 0 Å². The molecular formula is C23H21ClN2O4. The Balaban J connectivity index is 1.90. The lowest BCUT2D eigenvalue weighted by Crippen LogP contribution is -2.09. The number of hydrogen-bond donors (Lipinski definition) is 2. The number of nitrogens with one attached hydrogen (secondary N) is 1. The second kappa shape index (κ2) is 8.83. The lowest BCUT2D eigenvalue weighted by molar-refractivity contribution is 0.0590. The van der Waals surface area contributed by atoms with E-state index in [1.807, 2.05) is 42.5 Å². The lowest BCUT2D eigenvalue weighted by atomic mass is 9.97. The second-order valence-electron chi connectivity index (χ2n) is 6.96. The Morgan fingerprint density at radius 1 is 1.07 bits per heavy atom. The smallest absolute Gasteiger partial charge is 0.354 e. The quantitative estimate of drug-likeness (QED) is 0.396. The van der Waals surface area contributed by atoms with Crippen LogP contribution in [0, 0.1) is 0 Å². The number of rotatable bonds is 8. The highest BCUT2D eigenvalue weighted by molar-refractivity contribution is 6.31. The largest absolute Gasteiger partial charge is 0.477 e. The number of carbonyl (C=O) groups is 1. The van der Waals surface area contributed by atoms with Crippen molar-refractivity contribution in [1.29, 1.82) is 0 Å². The van der Waals surface area contributed by atoms with Crippen LogP contribution in [-0.2, 0) is 22.5 Å². The van der Waals surface area contributed by atoms with E-state index in [0.717, 1.165) is 32.9 Å². The number of aromatic carboxylic acids is 1. The molecule has 0 bridgehead atoms. The monoisotopic (exact) mass is 424 g/mol. The third-order valence-electron chi connectivity index (χ3n) is 5.07. The fourth-order valence-corrected chi connectivity index (χ4v) is 3.92. The fraction of sp³-hybridized carbons (Fsp3) is 0.217. The molecule has 4 aromatic rings. The number of aromatic amines is 1. The Labute approximate surface area is 178 Å². The van der Waals surface area contributed by atoms with Crippen molar-refractivity contribution >= 4 is 39.4 Å². The Hall–Kier alpha value is -2.93. The number of methoxy groups -OCH3 is 1. The molecule has 30 heavy (non-hydrogen) atoms. The minimum Gasteiger partial charge on any atom is -0.477 e. The Kier molecular flexibility index (Phi) is 5.99. The number of ether oxygens (including phenoxy) is 2. The van der Waals surface area contributed by atoms with Gasteiger partial charge in [0.05, 0.1) is 31.5 Å². The van der Waals surface area contributed by atoms with Crippen LogP contribution in [0.4, 0.5) is 0 Å². The molecule has 0 radical (unpaired) electrons. The molecule has 0 aliphatic carbocycles. The van der Waals surface area contributed by atoms with Crippen molar-refractivity contribution in [3.63, 3.8) is 0 Å². The van der Waals surface area contributed by atoms with E-state index in [4.69, 9.17) is 21.1 Å². The first-order chi connectivity index (χ1) is 14.6. The third kappa shape index (κ3) is 3.89. The minimum absolute atomic E-state index is 0.00614. The van der Waals surface area contributed by atoms with E-state index < -0.39 is 5.97 Å². The van der Waals surface area contributed by atoms with E-state index in [9.17, 15) is 9.90 Å². The maximum atomic E-state index is 11.9. The number of halogens is 1. The van der Waals surface area contributed by atoms with Gasteiger partial charge in [-0.25, -0.2) is 9.78 Å². The molecule has 2 aromatic heterocycles. The first-order valence-corrected chi connectivity index (χ1v) is 9.92. The number of H-pyrrole nitrogens is 1. The number of fused-ring (bicyclic) bond motifs is 3. The molecule has 0 aliphatic heterocycles. The zero-order valence-electron chi connectivity index (χ0n) is 16.4. The maximum absolute atomic E-state index is 11.9.